The summed E-state index contributed by atoms with van der Waals surface area (Å²) in [6, 6.07) is 21.1. The van der Waals surface area contributed by atoms with Crippen LogP contribution >= 0.6 is 0 Å². The lowest BCUT2D eigenvalue weighted by atomic mass is 9.98. The minimum absolute atomic E-state index is 0.0919. The lowest BCUT2D eigenvalue weighted by molar-refractivity contribution is 0.00751. The van der Waals surface area contributed by atoms with E-state index >= 15 is 0 Å². The second kappa shape index (κ2) is 8.57. The van der Waals surface area contributed by atoms with E-state index in [-0.39, 0.29) is 18.2 Å². The smallest absolute Gasteiger partial charge is 0.410 e. The highest BCUT2D eigenvalue weighted by atomic mass is 16.6. The van der Waals surface area contributed by atoms with Crippen molar-refractivity contribution in [3.05, 3.63) is 71.8 Å². The highest BCUT2D eigenvalue weighted by molar-refractivity contribution is 5.69. The summed E-state index contributed by atoms with van der Waals surface area (Å²) in [6.45, 7) is 7.18. The Labute approximate surface area is 162 Å². The minimum Gasteiger partial charge on any atom is -0.444 e. The fraction of sp³-hybridized carbons (Fsp3) is 0.435. The average molecular weight is 367 g/mol. The molecule has 1 aliphatic rings. The summed E-state index contributed by atoms with van der Waals surface area (Å²) in [5.41, 5.74) is 2.02. The normalized spacial score (nSPS) is 20.3. The number of piperazine rings is 1. The first kappa shape index (κ1) is 19.4. The van der Waals surface area contributed by atoms with E-state index in [0.29, 0.717) is 6.54 Å². The van der Waals surface area contributed by atoms with Gasteiger partial charge in [-0.1, -0.05) is 60.7 Å². The summed E-state index contributed by atoms with van der Waals surface area (Å²) in [4.78, 5) is 14.8. The number of amides is 1. The van der Waals surface area contributed by atoms with Gasteiger partial charge < -0.3 is 15.0 Å². The maximum Gasteiger partial charge on any atom is 0.410 e. The number of carbonyl (C=O) groups is 1. The molecule has 1 amide bonds. The van der Waals surface area contributed by atoms with Crippen molar-refractivity contribution in [2.45, 2.75) is 51.3 Å². The van der Waals surface area contributed by atoms with Gasteiger partial charge in [-0.3, -0.25) is 0 Å². The third-order valence-electron chi connectivity index (χ3n) is 4.77. The Morgan fingerprint density at radius 3 is 2.11 bits per heavy atom. The molecule has 4 heteroatoms. The molecule has 0 spiro atoms. The third-order valence-corrected chi connectivity index (χ3v) is 4.77. The number of rotatable bonds is 4. The summed E-state index contributed by atoms with van der Waals surface area (Å²) in [5.74, 6) is 0. The van der Waals surface area contributed by atoms with Crippen LogP contribution in [0.25, 0.3) is 0 Å². The summed E-state index contributed by atoms with van der Waals surface area (Å²) < 4.78 is 5.70. The van der Waals surface area contributed by atoms with Gasteiger partial charge in [-0.25, -0.2) is 4.79 Å². The monoisotopic (exact) mass is 366 g/mol. The van der Waals surface area contributed by atoms with Crippen molar-refractivity contribution in [2.24, 2.45) is 0 Å². The predicted octanol–water partition coefficient (Wildman–Crippen LogP) is 4.05. The molecule has 1 heterocycles. The van der Waals surface area contributed by atoms with Crippen LogP contribution in [0.4, 0.5) is 4.79 Å². The van der Waals surface area contributed by atoms with E-state index in [0.717, 1.165) is 19.4 Å². The molecule has 3 rings (SSSR count). The molecule has 0 radical (unpaired) electrons. The number of benzene rings is 2. The Morgan fingerprint density at radius 2 is 1.56 bits per heavy atom. The number of carbonyl (C=O) groups excluding carboxylic acids is 1. The van der Waals surface area contributed by atoms with Crippen LogP contribution in [0.2, 0.25) is 0 Å². The average Bonchev–Trinajstić information content (AvgIpc) is 2.63. The quantitative estimate of drug-likeness (QED) is 0.888. The maximum absolute atomic E-state index is 12.9. The number of hydrogen-bond donors (Lipinski definition) is 1. The Hall–Kier alpha value is -2.33. The topological polar surface area (TPSA) is 41.6 Å². The molecule has 144 valence electrons. The largest absolute Gasteiger partial charge is 0.444 e. The summed E-state index contributed by atoms with van der Waals surface area (Å²) >= 11 is 0. The Bertz CT molecular complexity index is 725. The van der Waals surface area contributed by atoms with E-state index in [1.807, 2.05) is 49.9 Å². The number of nitrogens with one attached hydrogen (secondary N) is 1. The number of ether oxygens (including phenoxy) is 1. The van der Waals surface area contributed by atoms with Crippen molar-refractivity contribution >= 4 is 6.09 Å². The number of nitrogens with zero attached hydrogens (tertiary/aromatic N) is 1. The molecule has 1 aliphatic heterocycles. The first-order valence-corrected chi connectivity index (χ1v) is 9.71. The van der Waals surface area contributed by atoms with E-state index in [1.165, 1.54) is 11.1 Å². The van der Waals surface area contributed by atoms with E-state index < -0.39 is 5.60 Å². The molecule has 4 nitrogen and oxygen atoms in total. The third kappa shape index (κ3) is 5.83. The fourth-order valence-corrected chi connectivity index (χ4v) is 3.51. The van der Waals surface area contributed by atoms with Crippen LogP contribution in [0.3, 0.4) is 0 Å². The first-order chi connectivity index (χ1) is 12.9. The van der Waals surface area contributed by atoms with Crippen molar-refractivity contribution < 1.29 is 9.53 Å². The Morgan fingerprint density at radius 1 is 1.00 bits per heavy atom. The summed E-state index contributed by atoms with van der Waals surface area (Å²) in [6.07, 6.45) is 1.51. The van der Waals surface area contributed by atoms with Crippen molar-refractivity contribution in [2.75, 3.05) is 13.1 Å². The van der Waals surface area contributed by atoms with Gasteiger partial charge in [0.2, 0.25) is 0 Å². The van der Waals surface area contributed by atoms with Crippen LogP contribution in [-0.4, -0.2) is 41.8 Å². The lowest BCUT2D eigenvalue weighted by Gasteiger charge is -2.41. The molecule has 27 heavy (non-hydrogen) atoms. The highest BCUT2D eigenvalue weighted by Crippen LogP contribution is 2.19. The summed E-state index contributed by atoms with van der Waals surface area (Å²) in [7, 11) is 0. The van der Waals surface area contributed by atoms with Crippen LogP contribution in [0.1, 0.15) is 31.9 Å². The van der Waals surface area contributed by atoms with Gasteiger partial charge in [0.15, 0.2) is 0 Å². The standard InChI is InChI=1S/C23H30N2O2/c1-23(2,3)27-22(26)25-17-20(14-18-10-6-4-7-11-18)24-16-21(25)15-19-12-8-5-9-13-19/h4-13,20-21,24H,14-17H2,1-3H3/t20-,21+/m1/s1. The van der Waals surface area contributed by atoms with Crippen LogP contribution in [0.5, 0.6) is 0 Å². The molecule has 1 N–H and O–H groups in total. The van der Waals surface area contributed by atoms with Gasteiger partial charge >= 0.3 is 6.09 Å². The van der Waals surface area contributed by atoms with Crippen LogP contribution in [0, 0.1) is 0 Å². The van der Waals surface area contributed by atoms with Gasteiger partial charge in [-0.15, -0.1) is 0 Å². The van der Waals surface area contributed by atoms with E-state index in [1.54, 1.807) is 0 Å². The lowest BCUT2D eigenvalue weighted by Crippen LogP contribution is -2.60. The molecular formula is C23H30N2O2. The van der Waals surface area contributed by atoms with Crippen molar-refractivity contribution in [3.63, 3.8) is 0 Å². The first-order valence-electron chi connectivity index (χ1n) is 9.71. The molecule has 0 aromatic heterocycles. The van der Waals surface area contributed by atoms with Crippen molar-refractivity contribution in [3.8, 4) is 0 Å². The zero-order chi connectivity index (χ0) is 19.3. The van der Waals surface area contributed by atoms with Crippen molar-refractivity contribution in [1.82, 2.24) is 10.2 Å². The van der Waals surface area contributed by atoms with Gasteiger partial charge in [0, 0.05) is 19.1 Å². The van der Waals surface area contributed by atoms with Crippen LogP contribution < -0.4 is 5.32 Å². The van der Waals surface area contributed by atoms with E-state index in [9.17, 15) is 4.79 Å². The van der Waals surface area contributed by atoms with Crippen molar-refractivity contribution in [1.29, 1.82) is 0 Å². The molecular weight excluding hydrogens is 336 g/mol. The molecule has 2 aromatic rings. The molecule has 1 fully saturated rings. The Balaban J connectivity index is 1.72. The zero-order valence-corrected chi connectivity index (χ0v) is 16.5. The second-order valence-corrected chi connectivity index (χ2v) is 8.27. The van der Waals surface area contributed by atoms with E-state index in [2.05, 4.69) is 41.7 Å². The molecule has 0 saturated carbocycles. The zero-order valence-electron chi connectivity index (χ0n) is 16.5. The fourth-order valence-electron chi connectivity index (χ4n) is 3.51. The minimum atomic E-state index is -0.492. The van der Waals surface area contributed by atoms with Gasteiger partial charge in [0.25, 0.3) is 0 Å². The molecule has 1 saturated heterocycles. The molecule has 2 atom stereocenters. The number of hydrogen-bond acceptors (Lipinski definition) is 3. The Kier molecular flexibility index (Phi) is 6.17. The molecule has 0 aliphatic carbocycles. The van der Waals surface area contributed by atoms with Gasteiger partial charge in [-0.2, -0.15) is 0 Å². The van der Waals surface area contributed by atoms with Crippen LogP contribution in [0.15, 0.2) is 60.7 Å². The molecule has 0 bridgehead atoms. The van der Waals surface area contributed by atoms with Gasteiger partial charge in [0.05, 0.1) is 6.04 Å². The maximum atomic E-state index is 12.9. The predicted molar refractivity (Wildman–Crippen MR) is 109 cm³/mol. The van der Waals surface area contributed by atoms with Crippen LogP contribution in [-0.2, 0) is 17.6 Å². The second-order valence-electron chi connectivity index (χ2n) is 8.27. The molecule has 2 aromatic carbocycles. The highest BCUT2D eigenvalue weighted by Gasteiger charge is 2.34. The SMILES string of the molecule is CC(C)(C)OC(=O)N1C[C@@H](Cc2ccccc2)NC[C@@H]1Cc1ccccc1. The summed E-state index contributed by atoms with van der Waals surface area (Å²) in [5, 5.41) is 3.64. The van der Waals surface area contributed by atoms with Gasteiger partial charge in [-0.05, 0) is 44.7 Å². The molecule has 0 unspecified atom stereocenters. The van der Waals surface area contributed by atoms with E-state index in [4.69, 9.17) is 4.74 Å². The van der Waals surface area contributed by atoms with Gasteiger partial charge in [0.1, 0.15) is 5.60 Å².